The summed E-state index contributed by atoms with van der Waals surface area (Å²) in [6, 6.07) is 0. The first kappa shape index (κ1) is 66.2. The molecule has 0 rings (SSSR count). The number of rotatable bonds is 53. The number of carboxylic acid groups (broad SMARTS) is 1. The van der Waals surface area contributed by atoms with Crippen molar-refractivity contribution < 1.29 is 42.9 Å². The lowest BCUT2D eigenvalue weighted by Gasteiger charge is -2.25. The molecule has 0 saturated heterocycles. The van der Waals surface area contributed by atoms with Gasteiger partial charge in [0.1, 0.15) is 13.2 Å². The summed E-state index contributed by atoms with van der Waals surface area (Å²) in [7, 11) is 5.97. The van der Waals surface area contributed by atoms with Gasteiger partial charge in [-0.25, -0.2) is 4.79 Å². The fourth-order valence-corrected chi connectivity index (χ4v) is 8.18. The average Bonchev–Trinajstić information content (AvgIpc) is 3.31. The second kappa shape index (κ2) is 51.6. The first-order chi connectivity index (χ1) is 33.6. The van der Waals surface area contributed by atoms with Crippen LogP contribution in [0.4, 0.5) is 0 Å². The van der Waals surface area contributed by atoms with Gasteiger partial charge in [0.05, 0.1) is 34.4 Å². The lowest BCUT2D eigenvalue weighted by atomic mass is 10.0. The van der Waals surface area contributed by atoms with Gasteiger partial charge in [-0.15, -0.1) is 0 Å². The molecule has 0 amide bonds. The summed E-state index contributed by atoms with van der Waals surface area (Å²) in [4.78, 5) is 37.3. The molecule has 2 unspecified atom stereocenters. The molecule has 0 aliphatic carbocycles. The first-order valence-corrected chi connectivity index (χ1v) is 28.8. The average molecular weight is 974 g/mol. The number of quaternary nitrogens is 1. The number of carbonyl (C=O) groups excluding carboxylic acids is 2. The van der Waals surface area contributed by atoms with Crippen molar-refractivity contribution in [2.24, 2.45) is 0 Å². The van der Waals surface area contributed by atoms with E-state index < -0.39 is 24.3 Å². The van der Waals surface area contributed by atoms with Crippen LogP contribution in [0.2, 0.25) is 0 Å². The Morgan fingerprint density at radius 1 is 0.449 bits per heavy atom. The second-order valence-electron chi connectivity index (χ2n) is 20.6. The molecule has 0 aliphatic rings. The summed E-state index contributed by atoms with van der Waals surface area (Å²) in [5, 5.41) is 9.67. The fraction of sp³-hybridized carbons (Fsp3) is 0.817. The van der Waals surface area contributed by atoms with Gasteiger partial charge in [-0.3, -0.25) is 9.59 Å². The van der Waals surface area contributed by atoms with Crippen molar-refractivity contribution >= 4 is 17.9 Å². The highest BCUT2D eigenvalue weighted by molar-refractivity contribution is 5.71. The van der Waals surface area contributed by atoms with Gasteiger partial charge in [-0.2, -0.15) is 0 Å². The zero-order chi connectivity index (χ0) is 50.6. The maximum atomic E-state index is 12.8. The van der Waals surface area contributed by atoms with Crippen molar-refractivity contribution in [1.29, 1.82) is 0 Å². The summed E-state index contributed by atoms with van der Waals surface area (Å²) in [6.07, 6.45) is 60.7. The zero-order valence-corrected chi connectivity index (χ0v) is 45.7. The van der Waals surface area contributed by atoms with Crippen LogP contribution in [0.1, 0.15) is 258 Å². The van der Waals surface area contributed by atoms with E-state index in [0.29, 0.717) is 17.4 Å². The number of ether oxygens (including phenoxy) is 4. The standard InChI is InChI=1S/C60H109NO8/c1-6-8-10-12-14-16-18-19-20-21-22-23-24-25-26-27-28-29-30-31-32-33-34-35-36-37-38-39-41-43-45-47-49-51-58(63)69-56(55-68-60(59(64)65)66-53-52-61(3,4)5)54-67-57(62)50-48-46-44-42-40-17-15-13-11-9-7-2/h8,10,14,16,19-20,22-23,56,60H,6-7,9,11-13,15,17-18,21,24-55H2,1-5H3/p+1/b10-8-,16-14-,20-19-,23-22-. The zero-order valence-electron chi connectivity index (χ0n) is 45.7. The van der Waals surface area contributed by atoms with E-state index in [1.54, 1.807) is 0 Å². The number of unbranched alkanes of at least 4 members (excludes halogenated alkanes) is 30. The molecule has 0 aliphatic heterocycles. The molecule has 0 spiro atoms. The van der Waals surface area contributed by atoms with Crippen LogP contribution in [0.15, 0.2) is 48.6 Å². The summed E-state index contributed by atoms with van der Waals surface area (Å²) in [5.74, 6) is -1.99. The topological polar surface area (TPSA) is 108 Å². The Morgan fingerprint density at radius 3 is 1.23 bits per heavy atom. The van der Waals surface area contributed by atoms with Crippen LogP contribution in [0.3, 0.4) is 0 Å². The molecule has 69 heavy (non-hydrogen) atoms. The minimum Gasteiger partial charge on any atom is -0.477 e. The van der Waals surface area contributed by atoms with E-state index in [1.807, 2.05) is 21.1 Å². The summed E-state index contributed by atoms with van der Waals surface area (Å²) >= 11 is 0. The maximum Gasteiger partial charge on any atom is 0.361 e. The van der Waals surface area contributed by atoms with Crippen LogP contribution in [0.5, 0.6) is 0 Å². The highest BCUT2D eigenvalue weighted by Crippen LogP contribution is 2.17. The third-order valence-electron chi connectivity index (χ3n) is 12.6. The Hall–Kier alpha value is -2.75. The number of hydrogen-bond acceptors (Lipinski definition) is 7. The Kier molecular flexibility index (Phi) is 49.5. The molecule has 0 heterocycles. The van der Waals surface area contributed by atoms with E-state index in [2.05, 4.69) is 62.5 Å². The van der Waals surface area contributed by atoms with E-state index in [0.717, 1.165) is 64.2 Å². The monoisotopic (exact) mass is 973 g/mol. The summed E-state index contributed by atoms with van der Waals surface area (Å²) in [6.45, 7) is 4.78. The van der Waals surface area contributed by atoms with Gasteiger partial charge in [-0.05, 0) is 51.4 Å². The van der Waals surface area contributed by atoms with E-state index in [1.165, 1.54) is 167 Å². The Balaban J connectivity index is 4.03. The number of allylic oxidation sites excluding steroid dienone is 8. The molecular formula is C60H110NO8+. The highest BCUT2D eigenvalue weighted by Gasteiger charge is 2.25. The van der Waals surface area contributed by atoms with Gasteiger partial charge in [0.15, 0.2) is 6.10 Å². The quantitative estimate of drug-likeness (QED) is 0.0211. The minimum atomic E-state index is -1.51. The fourth-order valence-electron chi connectivity index (χ4n) is 8.18. The van der Waals surface area contributed by atoms with Crippen LogP contribution in [0.25, 0.3) is 0 Å². The van der Waals surface area contributed by atoms with Gasteiger partial charge in [0.25, 0.3) is 6.29 Å². The molecule has 2 atom stereocenters. The van der Waals surface area contributed by atoms with E-state index >= 15 is 0 Å². The van der Waals surface area contributed by atoms with Gasteiger partial charge in [-0.1, -0.05) is 242 Å². The molecule has 1 N–H and O–H groups in total. The third kappa shape index (κ3) is 52.9. The summed E-state index contributed by atoms with van der Waals surface area (Å²) < 4.78 is 22.8. The van der Waals surface area contributed by atoms with Gasteiger partial charge < -0.3 is 28.5 Å². The predicted octanol–water partition coefficient (Wildman–Crippen LogP) is 16.7. The van der Waals surface area contributed by atoms with Crippen molar-refractivity contribution in [1.82, 2.24) is 0 Å². The smallest absolute Gasteiger partial charge is 0.361 e. The predicted molar refractivity (Wildman–Crippen MR) is 290 cm³/mol. The molecule has 9 heteroatoms. The number of esters is 2. The molecule has 0 aromatic rings. The van der Waals surface area contributed by atoms with Gasteiger partial charge in [0, 0.05) is 12.8 Å². The number of hydrogen-bond donors (Lipinski definition) is 1. The summed E-state index contributed by atoms with van der Waals surface area (Å²) in [5.41, 5.74) is 0. The molecule has 0 aromatic heterocycles. The number of carbonyl (C=O) groups is 3. The lowest BCUT2D eigenvalue weighted by Crippen LogP contribution is -2.40. The molecule has 0 bridgehead atoms. The minimum absolute atomic E-state index is 0.177. The number of likely N-dealkylation sites (N-methyl/N-ethyl adjacent to an activating group) is 1. The van der Waals surface area contributed by atoms with Gasteiger partial charge >= 0.3 is 17.9 Å². The second-order valence-corrected chi connectivity index (χ2v) is 20.6. The third-order valence-corrected chi connectivity index (χ3v) is 12.6. The molecule has 0 saturated carbocycles. The van der Waals surface area contributed by atoms with Crippen LogP contribution >= 0.6 is 0 Å². The van der Waals surface area contributed by atoms with Gasteiger partial charge in [0.2, 0.25) is 0 Å². The highest BCUT2D eigenvalue weighted by atomic mass is 16.7. The van der Waals surface area contributed by atoms with Crippen LogP contribution < -0.4 is 0 Å². The molecule has 402 valence electrons. The normalized spacial score (nSPS) is 13.1. The number of nitrogens with zero attached hydrogens (tertiary/aromatic N) is 1. The van der Waals surface area contributed by atoms with Crippen LogP contribution in [-0.2, 0) is 33.3 Å². The molecule has 9 nitrogen and oxygen atoms in total. The SMILES string of the molecule is CC/C=C\C/C=C\C/C=C\C/C=C\CCCCCCCCCCCCCCCCCCCCCCC(=O)OC(COC(=O)CCCCCCCCCCCCC)COC(OCC[N+](C)(C)C)C(=O)O. The van der Waals surface area contributed by atoms with Crippen molar-refractivity contribution in [2.75, 3.05) is 47.5 Å². The molecule has 0 radical (unpaired) electrons. The van der Waals surface area contributed by atoms with Crippen molar-refractivity contribution in [3.8, 4) is 0 Å². The molecule has 0 aromatic carbocycles. The van der Waals surface area contributed by atoms with E-state index in [-0.39, 0.29) is 32.2 Å². The Bertz CT molecular complexity index is 1270. The molecule has 0 fully saturated rings. The largest absolute Gasteiger partial charge is 0.477 e. The first-order valence-electron chi connectivity index (χ1n) is 28.8. The molecular weight excluding hydrogens is 863 g/mol. The Labute approximate surface area is 425 Å². The van der Waals surface area contributed by atoms with Crippen molar-refractivity contribution in [3.63, 3.8) is 0 Å². The lowest BCUT2D eigenvalue weighted by molar-refractivity contribution is -0.870. The van der Waals surface area contributed by atoms with Crippen molar-refractivity contribution in [3.05, 3.63) is 48.6 Å². The number of carboxylic acids is 1. The van der Waals surface area contributed by atoms with E-state index in [4.69, 9.17) is 18.9 Å². The Morgan fingerprint density at radius 2 is 0.826 bits per heavy atom. The number of aliphatic carboxylic acids is 1. The van der Waals surface area contributed by atoms with E-state index in [9.17, 15) is 19.5 Å². The van der Waals surface area contributed by atoms with Crippen LogP contribution in [-0.4, -0.2) is 87.4 Å². The maximum absolute atomic E-state index is 12.8. The van der Waals surface area contributed by atoms with Crippen molar-refractivity contribution in [2.45, 2.75) is 270 Å². The van der Waals surface area contributed by atoms with Crippen LogP contribution in [0, 0.1) is 0 Å².